The van der Waals surface area contributed by atoms with Gasteiger partial charge in [-0.05, 0) is 44.2 Å². The van der Waals surface area contributed by atoms with Crippen molar-refractivity contribution in [2.45, 2.75) is 59.8 Å². The van der Waals surface area contributed by atoms with Gasteiger partial charge in [-0.3, -0.25) is 9.59 Å². The van der Waals surface area contributed by atoms with Crippen molar-refractivity contribution in [1.29, 1.82) is 0 Å². The van der Waals surface area contributed by atoms with E-state index in [9.17, 15) is 9.59 Å². The molecule has 0 unspecified atom stereocenters. The molecule has 6 nitrogen and oxygen atoms in total. The lowest BCUT2D eigenvalue weighted by Gasteiger charge is -2.07. The smallest absolute Gasteiger partial charge is 0.240 e. The lowest BCUT2D eigenvalue weighted by molar-refractivity contribution is -0.122. The van der Waals surface area contributed by atoms with Gasteiger partial charge in [0.2, 0.25) is 11.8 Å². The summed E-state index contributed by atoms with van der Waals surface area (Å²) in [6.45, 7) is 8.05. The fourth-order valence-corrected chi connectivity index (χ4v) is 2.97. The Balaban J connectivity index is 1.78. The molecule has 0 radical (unpaired) electrons. The number of benzene rings is 2. The van der Waals surface area contributed by atoms with Crippen LogP contribution in [0.1, 0.15) is 68.2 Å². The number of hydrazone groups is 2. The minimum Gasteiger partial charge on any atom is -0.273 e. The third-order valence-electron chi connectivity index (χ3n) is 4.88. The van der Waals surface area contributed by atoms with Gasteiger partial charge < -0.3 is 0 Å². The second kappa shape index (κ2) is 12.4. The number of carbonyl (C=O) groups excluding carboxylic acids is 2. The van der Waals surface area contributed by atoms with Crippen LogP contribution in [0.25, 0.3) is 0 Å². The van der Waals surface area contributed by atoms with Gasteiger partial charge >= 0.3 is 0 Å². The Bertz CT molecular complexity index is 851. The van der Waals surface area contributed by atoms with Gasteiger partial charge in [-0.25, -0.2) is 10.9 Å². The molecule has 0 spiro atoms. The molecule has 0 aliphatic rings. The lowest BCUT2D eigenvalue weighted by Crippen LogP contribution is -2.22. The number of nitrogens with zero attached hydrogens (tertiary/aromatic N) is 2. The van der Waals surface area contributed by atoms with E-state index in [1.807, 2.05) is 76.2 Å². The molecule has 0 aromatic heterocycles. The highest BCUT2D eigenvalue weighted by Crippen LogP contribution is 2.08. The Hall–Kier alpha value is -3.28. The Morgan fingerprint density at radius 3 is 1.35 bits per heavy atom. The zero-order valence-electron chi connectivity index (χ0n) is 18.9. The molecule has 0 saturated carbocycles. The second-order valence-corrected chi connectivity index (χ2v) is 7.48. The average molecular weight is 421 g/mol. The van der Waals surface area contributed by atoms with Crippen molar-refractivity contribution in [3.8, 4) is 0 Å². The van der Waals surface area contributed by atoms with Gasteiger partial charge in [-0.2, -0.15) is 10.2 Å². The molecule has 2 amide bonds. The third-order valence-corrected chi connectivity index (χ3v) is 4.88. The standard InChI is InChI=1S/C25H32N4O2/c1-5-22(20-14-10-18(3)11-15-20)26-28-24(30)8-7-9-25(31)29-27-23(6-2)21-16-12-19(4)13-17-21/h10-17H,5-9H2,1-4H3,(H,28,30)(H,29,31)/b26-22+,27-23+. The number of aryl methyl sites for hydroxylation is 2. The zero-order chi connectivity index (χ0) is 22.6. The fourth-order valence-electron chi connectivity index (χ4n) is 2.97. The van der Waals surface area contributed by atoms with Crippen molar-refractivity contribution < 1.29 is 9.59 Å². The van der Waals surface area contributed by atoms with Crippen LogP contribution in [0.3, 0.4) is 0 Å². The highest BCUT2D eigenvalue weighted by atomic mass is 16.2. The van der Waals surface area contributed by atoms with Crippen LogP contribution in [0.5, 0.6) is 0 Å². The quantitative estimate of drug-likeness (QED) is 0.434. The number of nitrogens with one attached hydrogen (secondary N) is 2. The first-order valence-corrected chi connectivity index (χ1v) is 10.8. The molecule has 0 heterocycles. The first-order valence-electron chi connectivity index (χ1n) is 10.8. The number of hydrogen-bond donors (Lipinski definition) is 2. The summed E-state index contributed by atoms with van der Waals surface area (Å²) < 4.78 is 0. The van der Waals surface area contributed by atoms with E-state index in [0.29, 0.717) is 19.3 Å². The van der Waals surface area contributed by atoms with Crippen molar-refractivity contribution >= 4 is 23.2 Å². The van der Waals surface area contributed by atoms with E-state index >= 15 is 0 Å². The molecule has 6 heteroatoms. The van der Waals surface area contributed by atoms with Crippen molar-refractivity contribution in [3.05, 3.63) is 70.8 Å². The predicted molar refractivity (Wildman–Crippen MR) is 126 cm³/mol. The molecule has 0 aliphatic carbocycles. The largest absolute Gasteiger partial charge is 0.273 e. The van der Waals surface area contributed by atoms with E-state index in [1.165, 1.54) is 11.1 Å². The van der Waals surface area contributed by atoms with Crippen LogP contribution < -0.4 is 10.9 Å². The SMILES string of the molecule is CC/C(=N\NC(=O)CCCC(=O)N/N=C(\CC)c1ccc(C)cc1)c1ccc(C)cc1. The lowest BCUT2D eigenvalue weighted by atomic mass is 10.1. The molecular formula is C25H32N4O2. The Kier molecular flexibility index (Phi) is 9.62. The molecule has 2 aromatic carbocycles. The van der Waals surface area contributed by atoms with Crippen molar-refractivity contribution in [1.82, 2.24) is 10.9 Å². The summed E-state index contributed by atoms with van der Waals surface area (Å²) in [6, 6.07) is 16.1. The van der Waals surface area contributed by atoms with Crippen LogP contribution in [-0.2, 0) is 9.59 Å². The van der Waals surface area contributed by atoms with Gasteiger partial charge in [0.05, 0.1) is 11.4 Å². The van der Waals surface area contributed by atoms with Gasteiger partial charge in [0.25, 0.3) is 0 Å². The van der Waals surface area contributed by atoms with Crippen LogP contribution in [0, 0.1) is 13.8 Å². The van der Waals surface area contributed by atoms with E-state index in [0.717, 1.165) is 22.6 Å². The first-order chi connectivity index (χ1) is 14.9. The van der Waals surface area contributed by atoms with Gasteiger partial charge in [0.1, 0.15) is 0 Å². The summed E-state index contributed by atoms with van der Waals surface area (Å²) in [5.74, 6) is -0.411. The summed E-state index contributed by atoms with van der Waals surface area (Å²) in [7, 11) is 0. The summed E-state index contributed by atoms with van der Waals surface area (Å²) in [6.07, 6.45) is 2.31. The van der Waals surface area contributed by atoms with Gasteiger partial charge in [-0.1, -0.05) is 73.5 Å². The molecule has 2 aromatic rings. The Morgan fingerprint density at radius 1 is 0.677 bits per heavy atom. The Labute approximate surface area is 184 Å². The van der Waals surface area contributed by atoms with Crippen LogP contribution in [0.4, 0.5) is 0 Å². The third kappa shape index (κ3) is 8.16. The van der Waals surface area contributed by atoms with E-state index in [2.05, 4.69) is 21.1 Å². The maximum Gasteiger partial charge on any atom is 0.240 e. The van der Waals surface area contributed by atoms with Gasteiger partial charge in [0.15, 0.2) is 0 Å². The number of hydrogen-bond acceptors (Lipinski definition) is 4. The molecule has 0 saturated heterocycles. The molecule has 0 atom stereocenters. The monoisotopic (exact) mass is 420 g/mol. The summed E-state index contributed by atoms with van der Waals surface area (Å²) in [5, 5.41) is 8.49. The molecule has 0 aliphatic heterocycles. The number of rotatable bonds is 10. The van der Waals surface area contributed by atoms with Gasteiger partial charge in [0, 0.05) is 12.8 Å². The minimum absolute atomic E-state index is 0.205. The summed E-state index contributed by atoms with van der Waals surface area (Å²) in [5.41, 5.74) is 11.2. The maximum atomic E-state index is 12.1. The van der Waals surface area contributed by atoms with E-state index in [-0.39, 0.29) is 24.7 Å². The first kappa shape index (κ1) is 24.0. The van der Waals surface area contributed by atoms with Crippen LogP contribution in [0.15, 0.2) is 58.7 Å². The highest BCUT2D eigenvalue weighted by Gasteiger charge is 2.07. The number of amides is 2. The highest BCUT2D eigenvalue weighted by molar-refractivity contribution is 6.01. The van der Waals surface area contributed by atoms with Crippen LogP contribution in [-0.4, -0.2) is 23.2 Å². The molecule has 164 valence electrons. The van der Waals surface area contributed by atoms with Crippen LogP contribution >= 0.6 is 0 Å². The second-order valence-electron chi connectivity index (χ2n) is 7.48. The van der Waals surface area contributed by atoms with Crippen molar-refractivity contribution in [2.75, 3.05) is 0 Å². The summed E-state index contributed by atoms with van der Waals surface area (Å²) >= 11 is 0. The average Bonchev–Trinajstić information content (AvgIpc) is 2.77. The molecule has 0 bridgehead atoms. The normalized spacial score (nSPS) is 11.9. The zero-order valence-corrected chi connectivity index (χ0v) is 18.9. The molecule has 2 N–H and O–H groups in total. The van der Waals surface area contributed by atoms with E-state index < -0.39 is 0 Å². The van der Waals surface area contributed by atoms with Gasteiger partial charge in [-0.15, -0.1) is 0 Å². The molecule has 2 rings (SSSR count). The minimum atomic E-state index is -0.205. The molecular weight excluding hydrogens is 388 g/mol. The van der Waals surface area contributed by atoms with E-state index in [1.54, 1.807) is 0 Å². The predicted octanol–water partition coefficient (Wildman–Crippen LogP) is 4.63. The molecule has 31 heavy (non-hydrogen) atoms. The van der Waals surface area contributed by atoms with Crippen LogP contribution in [0.2, 0.25) is 0 Å². The number of carbonyl (C=O) groups is 2. The maximum absolute atomic E-state index is 12.1. The molecule has 0 fully saturated rings. The van der Waals surface area contributed by atoms with Crippen molar-refractivity contribution in [2.24, 2.45) is 10.2 Å². The Morgan fingerprint density at radius 2 is 1.03 bits per heavy atom. The van der Waals surface area contributed by atoms with E-state index in [4.69, 9.17) is 0 Å². The topological polar surface area (TPSA) is 82.9 Å². The summed E-state index contributed by atoms with van der Waals surface area (Å²) in [4.78, 5) is 24.2. The fraction of sp³-hybridized carbons (Fsp3) is 0.360. The van der Waals surface area contributed by atoms with Crippen molar-refractivity contribution in [3.63, 3.8) is 0 Å².